The molecule has 108 valence electrons. The van der Waals surface area contributed by atoms with Gasteiger partial charge in [-0.15, -0.1) is 0 Å². The Morgan fingerprint density at radius 2 is 2.05 bits per heavy atom. The quantitative estimate of drug-likeness (QED) is 0.857. The summed E-state index contributed by atoms with van der Waals surface area (Å²) in [5, 5.41) is 3.38. The van der Waals surface area contributed by atoms with Crippen LogP contribution in [0.1, 0.15) is 11.3 Å². The first-order chi connectivity index (χ1) is 9.53. The molecule has 7 heteroatoms. The highest BCUT2D eigenvalue weighted by Crippen LogP contribution is 2.21. The number of halogens is 1. The average molecular weight is 315 g/mol. The molecule has 0 aliphatic heterocycles. The van der Waals surface area contributed by atoms with Crippen molar-refractivity contribution in [3.8, 4) is 0 Å². The Bertz CT molecular complexity index is 669. The second kappa shape index (κ2) is 6.41. The molecule has 0 unspecified atom stereocenters. The van der Waals surface area contributed by atoms with Crippen LogP contribution < -0.4 is 10.0 Å². The van der Waals surface area contributed by atoms with Gasteiger partial charge in [-0.2, -0.15) is 0 Å². The van der Waals surface area contributed by atoms with Crippen LogP contribution in [0.4, 0.5) is 0 Å². The maximum absolute atomic E-state index is 12.1. The summed E-state index contributed by atoms with van der Waals surface area (Å²) in [6.45, 7) is 0.685. The molecule has 0 fully saturated rings. The van der Waals surface area contributed by atoms with Crippen LogP contribution in [0.2, 0.25) is 5.02 Å². The van der Waals surface area contributed by atoms with Crippen LogP contribution in [0.25, 0.3) is 0 Å². The van der Waals surface area contributed by atoms with E-state index in [-0.39, 0.29) is 11.4 Å². The molecule has 0 saturated carbocycles. The molecule has 0 bridgehead atoms. The van der Waals surface area contributed by atoms with Gasteiger partial charge in [0, 0.05) is 11.6 Å². The SMILES string of the molecule is CNCc1ccc(S(=O)(=O)NCc2ccco2)cc1Cl. The van der Waals surface area contributed by atoms with Crippen LogP contribution in [0.3, 0.4) is 0 Å². The van der Waals surface area contributed by atoms with Crippen molar-refractivity contribution in [2.24, 2.45) is 0 Å². The lowest BCUT2D eigenvalue weighted by Crippen LogP contribution is -2.23. The van der Waals surface area contributed by atoms with E-state index in [2.05, 4.69) is 10.0 Å². The van der Waals surface area contributed by atoms with Gasteiger partial charge in [0.2, 0.25) is 10.0 Å². The Kier molecular flexibility index (Phi) is 4.82. The zero-order chi connectivity index (χ0) is 14.6. The minimum absolute atomic E-state index is 0.102. The normalized spacial score (nSPS) is 11.7. The summed E-state index contributed by atoms with van der Waals surface area (Å²) >= 11 is 6.06. The highest BCUT2D eigenvalue weighted by molar-refractivity contribution is 7.89. The minimum Gasteiger partial charge on any atom is -0.468 e. The zero-order valence-corrected chi connectivity index (χ0v) is 12.5. The lowest BCUT2D eigenvalue weighted by Gasteiger charge is -2.08. The molecule has 1 aromatic carbocycles. The molecule has 0 aliphatic carbocycles. The molecule has 1 aromatic heterocycles. The predicted octanol–water partition coefficient (Wildman–Crippen LogP) is 2.13. The van der Waals surface area contributed by atoms with Crippen molar-refractivity contribution in [3.05, 3.63) is 52.9 Å². The molecule has 0 radical (unpaired) electrons. The van der Waals surface area contributed by atoms with Crippen molar-refractivity contribution in [1.29, 1.82) is 0 Å². The summed E-state index contributed by atoms with van der Waals surface area (Å²) in [6.07, 6.45) is 1.49. The van der Waals surface area contributed by atoms with Crippen LogP contribution in [0.5, 0.6) is 0 Å². The predicted molar refractivity (Wildman–Crippen MR) is 76.9 cm³/mol. The van der Waals surface area contributed by atoms with Crippen molar-refractivity contribution in [1.82, 2.24) is 10.0 Å². The van der Waals surface area contributed by atoms with Crippen molar-refractivity contribution in [2.75, 3.05) is 7.05 Å². The van der Waals surface area contributed by atoms with Gasteiger partial charge >= 0.3 is 0 Å². The number of benzene rings is 1. The Morgan fingerprint density at radius 3 is 2.65 bits per heavy atom. The Balaban J connectivity index is 2.14. The summed E-state index contributed by atoms with van der Waals surface area (Å²) in [4.78, 5) is 0.133. The lowest BCUT2D eigenvalue weighted by atomic mass is 10.2. The fraction of sp³-hybridized carbons (Fsp3) is 0.231. The van der Waals surface area contributed by atoms with E-state index in [1.165, 1.54) is 18.4 Å². The van der Waals surface area contributed by atoms with Crippen LogP contribution in [-0.4, -0.2) is 15.5 Å². The van der Waals surface area contributed by atoms with Gasteiger partial charge in [-0.3, -0.25) is 0 Å². The molecular formula is C13H15ClN2O3S. The topological polar surface area (TPSA) is 71.3 Å². The van der Waals surface area contributed by atoms with E-state index in [9.17, 15) is 8.42 Å². The molecule has 2 N–H and O–H groups in total. The molecule has 0 amide bonds. The molecule has 0 atom stereocenters. The minimum atomic E-state index is -3.61. The summed E-state index contributed by atoms with van der Waals surface area (Å²) in [5.74, 6) is 0.548. The molecular weight excluding hydrogens is 300 g/mol. The van der Waals surface area contributed by atoms with E-state index < -0.39 is 10.0 Å². The number of nitrogens with one attached hydrogen (secondary N) is 2. The Morgan fingerprint density at radius 1 is 1.25 bits per heavy atom. The molecule has 0 spiro atoms. The second-order valence-electron chi connectivity index (χ2n) is 4.19. The summed E-state index contributed by atoms with van der Waals surface area (Å²) in [6, 6.07) is 8.07. The molecule has 0 aliphatic rings. The van der Waals surface area contributed by atoms with Crippen LogP contribution in [-0.2, 0) is 23.1 Å². The smallest absolute Gasteiger partial charge is 0.241 e. The monoisotopic (exact) mass is 314 g/mol. The van der Waals surface area contributed by atoms with Crippen molar-refractivity contribution < 1.29 is 12.8 Å². The molecule has 0 saturated heterocycles. The fourth-order valence-corrected chi connectivity index (χ4v) is 3.02. The Hall–Kier alpha value is -1.34. The first kappa shape index (κ1) is 15.1. The first-order valence-corrected chi connectivity index (χ1v) is 7.84. The van der Waals surface area contributed by atoms with Gasteiger partial charge in [0.05, 0.1) is 17.7 Å². The fourth-order valence-electron chi connectivity index (χ4n) is 1.69. The van der Waals surface area contributed by atoms with Gasteiger partial charge < -0.3 is 9.73 Å². The van der Waals surface area contributed by atoms with Gasteiger partial charge in [-0.05, 0) is 36.9 Å². The number of hydrogen-bond donors (Lipinski definition) is 2. The third kappa shape index (κ3) is 3.61. The lowest BCUT2D eigenvalue weighted by molar-refractivity contribution is 0.498. The highest BCUT2D eigenvalue weighted by atomic mass is 35.5. The van der Waals surface area contributed by atoms with Crippen LogP contribution in [0, 0.1) is 0 Å². The molecule has 2 rings (SSSR count). The van der Waals surface area contributed by atoms with Crippen LogP contribution in [0.15, 0.2) is 45.9 Å². The summed E-state index contributed by atoms with van der Waals surface area (Å²) in [5.41, 5.74) is 0.846. The van der Waals surface area contributed by atoms with Crippen molar-refractivity contribution >= 4 is 21.6 Å². The Labute approximate surface area is 123 Å². The van der Waals surface area contributed by atoms with Gasteiger partial charge in [-0.1, -0.05) is 17.7 Å². The average Bonchev–Trinajstić information content (AvgIpc) is 2.92. The number of rotatable bonds is 6. The third-order valence-electron chi connectivity index (χ3n) is 2.72. The van der Waals surface area contributed by atoms with E-state index >= 15 is 0 Å². The van der Waals surface area contributed by atoms with Gasteiger partial charge in [0.15, 0.2) is 0 Å². The van der Waals surface area contributed by atoms with E-state index in [1.807, 2.05) is 0 Å². The van der Waals surface area contributed by atoms with Gasteiger partial charge in [-0.25, -0.2) is 13.1 Å². The molecule has 2 aromatic rings. The van der Waals surface area contributed by atoms with E-state index in [0.29, 0.717) is 17.3 Å². The van der Waals surface area contributed by atoms with E-state index in [1.54, 1.807) is 25.2 Å². The van der Waals surface area contributed by atoms with E-state index in [4.69, 9.17) is 16.0 Å². The van der Waals surface area contributed by atoms with Crippen LogP contribution >= 0.6 is 11.6 Å². The second-order valence-corrected chi connectivity index (χ2v) is 6.36. The number of sulfonamides is 1. The molecule has 20 heavy (non-hydrogen) atoms. The summed E-state index contributed by atoms with van der Waals surface area (Å²) < 4.78 is 31.8. The molecule has 1 heterocycles. The molecule has 5 nitrogen and oxygen atoms in total. The largest absolute Gasteiger partial charge is 0.468 e. The number of hydrogen-bond acceptors (Lipinski definition) is 4. The highest BCUT2D eigenvalue weighted by Gasteiger charge is 2.15. The van der Waals surface area contributed by atoms with E-state index in [0.717, 1.165) is 5.56 Å². The first-order valence-electron chi connectivity index (χ1n) is 5.98. The number of furan rings is 1. The summed E-state index contributed by atoms with van der Waals surface area (Å²) in [7, 11) is -1.81. The standard InChI is InChI=1S/C13H15ClN2O3S/c1-15-8-10-4-5-12(7-13(10)14)20(17,18)16-9-11-3-2-6-19-11/h2-7,15-16H,8-9H2,1H3. The zero-order valence-electron chi connectivity index (χ0n) is 10.9. The van der Waals surface area contributed by atoms with Crippen molar-refractivity contribution in [3.63, 3.8) is 0 Å². The maximum atomic E-state index is 12.1. The van der Waals surface area contributed by atoms with Gasteiger partial charge in [0.1, 0.15) is 5.76 Å². The van der Waals surface area contributed by atoms with Gasteiger partial charge in [0.25, 0.3) is 0 Å². The van der Waals surface area contributed by atoms with Crippen molar-refractivity contribution in [2.45, 2.75) is 18.0 Å². The third-order valence-corrected chi connectivity index (χ3v) is 4.47. The maximum Gasteiger partial charge on any atom is 0.241 e.